The summed E-state index contributed by atoms with van der Waals surface area (Å²) < 4.78 is 28.8. The van der Waals surface area contributed by atoms with Gasteiger partial charge in [-0.1, -0.05) is 51.1 Å². The fourth-order valence-corrected chi connectivity index (χ4v) is 5.90. The van der Waals surface area contributed by atoms with Crippen LogP contribution in [-0.2, 0) is 0 Å². The highest BCUT2D eigenvalue weighted by Gasteiger charge is 2.51. The molecule has 2 atom stereocenters. The maximum Gasteiger partial charge on any atom is 0.280 e. The zero-order valence-electron chi connectivity index (χ0n) is 18.0. The third-order valence-corrected chi connectivity index (χ3v) is 6.70. The Morgan fingerprint density at radius 1 is 1.16 bits per heavy atom. The highest BCUT2D eigenvalue weighted by molar-refractivity contribution is 6.00. The molecule has 2 aliphatic rings. The van der Waals surface area contributed by atoms with Crippen LogP contribution in [0.1, 0.15) is 62.5 Å². The monoisotopic (exact) mass is 424 g/mol. The maximum absolute atomic E-state index is 13.8. The van der Waals surface area contributed by atoms with E-state index in [9.17, 15) is 13.6 Å². The van der Waals surface area contributed by atoms with Crippen LogP contribution in [0.2, 0.25) is 0 Å². The first-order chi connectivity index (χ1) is 14.7. The van der Waals surface area contributed by atoms with Crippen molar-refractivity contribution in [2.75, 3.05) is 6.54 Å². The van der Waals surface area contributed by atoms with E-state index < -0.39 is 6.43 Å². The third kappa shape index (κ3) is 3.40. The van der Waals surface area contributed by atoms with Gasteiger partial charge in [-0.15, -0.1) is 0 Å². The van der Waals surface area contributed by atoms with Crippen LogP contribution < -0.4 is 0 Å². The number of carbonyl (C=O) groups excluding carboxylic acids is 1. The number of hydrogen-bond donors (Lipinski definition) is 0. The van der Waals surface area contributed by atoms with Crippen LogP contribution in [0.5, 0.6) is 0 Å². The van der Waals surface area contributed by atoms with Crippen molar-refractivity contribution in [2.45, 2.75) is 52.5 Å². The van der Waals surface area contributed by atoms with E-state index in [0.29, 0.717) is 12.2 Å². The van der Waals surface area contributed by atoms with Gasteiger partial charge in [-0.2, -0.15) is 5.10 Å². The second-order valence-electron chi connectivity index (χ2n) is 10.2. The van der Waals surface area contributed by atoms with E-state index in [1.165, 1.54) is 12.3 Å². The Kier molecular flexibility index (Phi) is 4.43. The number of likely N-dealkylation sites (tertiary alicyclic amines) is 1. The second-order valence-corrected chi connectivity index (χ2v) is 10.2. The average molecular weight is 424 g/mol. The van der Waals surface area contributed by atoms with E-state index in [0.717, 1.165) is 29.3 Å². The topological polar surface area (TPSA) is 50.5 Å². The zero-order valence-corrected chi connectivity index (χ0v) is 18.0. The molecular weight excluding hydrogens is 398 g/mol. The molecular formula is C24H26F2N4O. The highest BCUT2D eigenvalue weighted by atomic mass is 19.3. The van der Waals surface area contributed by atoms with Crippen LogP contribution in [-0.4, -0.2) is 38.0 Å². The SMILES string of the molecule is CC1(C)C[C@H]2C[C@@](C)(CN2C(=O)c2cnn3c(C(F)F)cc(-c4ccccc4)nc23)C1. The minimum Gasteiger partial charge on any atom is -0.335 e. The number of carbonyl (C=O) groups is 1. The standard InChI is InChI=1S/C24H26F2N4O/c1-23(2)10-16-11-24(3,13-23)14-29(16)22(31)17-12-27-30-19(20(25)26)9-18(28-21(17)30)15-7-5-4-6-8-15/h4-9,12,16,20H,10-11,13-14H2,1-3H3/t16-,24+/m0/s1. The molecule has 0 N–H and O–H groups in total. The Morgan fingerprint density at radius 3 is 2.61 bits per heavy atom. The molecule has 0 unspecified atom stereocenters. The summed E-state index contributed by atoms with van der Waals surface area (Å²) in [5.41, 5.74) is 1.60. The summed E-state index contributed by atoms with van der Waals surface area (Å²) in [7, 11) is 0. The van der Waals surface area contributed by atoms with Gasteiger partial charge in [0, 0.05) is 18.2 Å². The highest BCUT2D eigenvalue weighted by Crippen LogP contribution is 2.52. The molecule has 1 saturated carbocycles. The van der Waals surface area contributed by atoms with Crippen LogP contribution in [0.15, 0.2) is 42.6 Å². The Bertz CT molecular complexity index is 1160. The summed E-state index contributed by atoms with van der Waals surface area (Å²) in [6, 6.07) is 10.7. The first kappa shape index (κ1) is 20.1. The molecule has 2 aromatic heterocycles. The van der Waals surface area contributed by atoms with Gasteiger partial charge in [-0.25, -0.2) is 18.3 Å². The van der Waals surface area contributed by atoms with Gasteiger partial charge in [0.2, 0.25) is 0 Å². The van der Waals surface area contributed by atoms with Crippen molar-refractivity contribution in [1.82, 2.24) is 19.5 Å². The summed E-state index contributed by atoms with van der Waals surface area (Å²) in [5, 5.41) is 4.13. The molecule has 1 aromatic carbocycles. The van der Waals surface area contributed by atoms with Gasteiger partial charge >= 0.3 is 0 Å². The van der Waals surface area contributed by atoms with Crippen LogP contribution >= 0.6 is 0 Å². The fourth-order valence-electron chi connectivity index (χ4n) is 5.90. The van der Waals surface area contributed by atoms with E-state index in [-0.39, 0.29) is 39.7 Å². The van der Waals surface area contributed by atoms with Crippen LogP contribution in [0, 0.1) is 10.8 Å². The van der Waals surface area contributed by atoms with Crippen molar-refractivity contribution < 1.29 is 13.6 Å². The molecule has 2 bridgehead atoms. The molecule has 2 fully saturated rings. The van der Waals surface area contributed by atoms with Crippen molar-refractivity contribution in [3.05, 3.63) is 53.9 Å². The van der Waals surface area contributed by atoms with Crippen LogP contribution in [0.25, 0.3) is 16.9 Å². The van der Waals surface area contributed by atoms with Crippen molar-refractivity contribution in [3.63, 3.8) is 0 Å². The van der Waals surface area contributed by atoms with Crippen LogP contribution in [0.4, 0.5) is 8.78 Å². The number of amides is 1. The molecule has 3 aromatic rings. The Morgan fingerprint density at radius 2 is 1.90 bits per heavy atom. The lowest BCUT2D eigenvalue weighted by Gasteiger charge is -2.39. The van der Waals surface area contributed by atoms with Crippen molar-refractivity contribution in [3.8, 4) is 11.3 Å². The van der Waals surface area contributed by atoms with E-state index in [1.807, 2.05) is 35.2 Å². The lowest BCUT2D eigenvalue weighted by Crippen LogP contribution is -2.37. The zero-order chi connectivity index (χ0) is 22.0. The summed E-state index contributed by atoms with van der Waals surface area (Å²) in [4.78, 5) is 20.1. The van der Waals surface area contributed by atoms with E-state index in [1.54, 1.807) is 0 Å². The number of rotatable bonds is 3. The van der Waals surface area contributed by atoms with Crippen molar-refractivity contribution >= 4 is 11.6 Å². The van der Waals surface area contributed by atoms with E-state index in [4.69, 9.17) is 0 Å². The molecule has 0 radical (unpaired) electrons. The molecule has 162 valence electrons. The van der Waals surface area contributed by atoms with Gasteiger partial charge in [-0.05, 0) is 36.2 Å². The summed E-state index contributed by atoms with van der Waals surface area (Å²) in [6.07, 6.45) is 1.65. The number of halogens is 2. The Hall–Kier alpha value is -2.83. The number of hydrogen-bond acceptors (Lipinski definition) is 3. The Labute approximate surface area is 180 Å². The first-order valence-electron chi connectivity index (χ1n) is 10.7. The lowest BCUT2D eigenvalue weighted by atomic mass is 9.65. The second kappa shape index (κ2) is 6.84. The molecule has 1 saturated heterocycles. The summed E-state index contributed by atoms with van der Waals surface area (Å²) in [6.45, 7) is 7.43. The maximum atomic E-state index is 13.8. The first-order valence-corrected chi connectivity index (χ1v) is 10.7. The van der Waals surface area contributed by atoms with Gasteiger partial charge in [0.25, 0.3) is 12.3 Å². The molecule has 5 nitrogen and oxygen atoms in total. The normalized spacial score (nSPS) is 24.8. The number of fused-ring (bicyclic) bond motifs is 3. The molecule has 3 heterocycles. The Balaban J connectivity index is 1.59. The van der Waals surface area contributed by atoms with Gasteiger partial charge < -0.3 is 4.90 Å². The largest absolute Gasteiger partial charge is 0.335 e. The third-order valence-electron chi connectivity index (χ3n) is 6.70. The predicted molar refractivity (Wildman–Crippen MR) is 114 cm³/mol. The quantitative estimate of drug-likeness (QED) is 0.568. The van der Waals surface area contributed by atoms with Gasteiger partial charge in [0.1, 0.15) is 11.3 Å². The minimum absolute atomic E-state index is 0.0851. The molecule has 1 amide bonds. The molecule has 5 rings (SSSR count). The predicted octanol–water partition coefficient (Wildman–Crippen LogP) is 5.37. The fraction of sp³-hybridized carbons (Fsp3) is 0.458. The van der Waals surface area contributed by atoms with Crippen molar-refractivity contribution in [1.29, 1.82) is 0 Å². The van der Waals surface area contributed by atoms with Gasteiger partial charge in [0.05, 0.1) is 11.9 Å². The van der Waals surface area contributed by atoms with Crippen molar-refractivity contribution in [2.24, 2.45) is 10.8 Å². The summed E-state index contributed by atoms with van der Waals surface area (Å²) >= 11 is 0. The van der Waals surface area contributed by atoms with E-state index >= 15 is 0 Å². The minimum atomic E-state index is -2.73. The van der Waals surface area contributed by atoms with Gasteiger partial charge in [0.15, 0.2) is 5.65 Å². The number of nitrogens with zero attached hydrogens (tertiary/aromatic N) is 4. The molecule has 0 spiro atoms. The molecule has 1 aliphatic carbocycles. The van der Waals surface area contributed by atoms with Gasteiger partial charge in [-0.3, -0.25) is 4.79 Å². The van der Waals surface area contributed by atoms with E-state index in [2.05, 4.69) is 30.9 Å². The smallest absolute Gasteiger partial charge is 0.280 e. The molecule has 7 heteroatoms. The molecule has 1 aliphatic heterocycles. The van der Waals surface area contributed by atoms with Crippen LogP contribution in [0.3, 0.4) is 0 Å². The summed E-state index contributed by atoms with van der Waals surface area (Å²) in [5.74, 6) is -0.167. The number of benzene rings is 1. The lowest BCUT2D eigenvalue weighted by molar-refractivity contribution is 0.0709. The average Bonchev–Trinajstić information content (AvgIpc) is 3.24. The number of alkyl halides is 2. The number of aromatic nitrogens is 3. The molecule has 31 heavy (non-hydrogen) atoms.